The van der Waals surface area contributed by atoms with Crippen molar-refractivity contribution >= 4 is 17.5 Å². The molecule has 0 bridgehead atoms. The van der Waals surface area contributed by atoms with Crippen LogP contribution in [-0.2, 0) is 12.8 Å². The molecule has 0 spiro atoms. The van der Waals surface area contributed by atoms with Crippen molar-refractivity contribution in [2.75, 3.05) is 0 Å². The van der Waals surface area contributed by atoms with Crippen LogP contribution in [0.25, 0.3) is 0 Å². The quantitative estimate of drug-likeness (QED) is 0.851. The second kappa shape index (κ2) is 6.84. The highest BCUT2D eigenvalue weighted by atomic mass is 35.5. The van der Waals surface area contributed by atoms with E-state index in [0.29, 0.717) is 23.4 Å². The molecule has 118 valence electrons. The minimum absolute atomic E-state index is 0.443. The van der Waals surface area contributed by atoms with E-state index in [0.717, 1.165) is 29.8 Å². The maximum atomic E-state index is 11.9. The van der Waals surface area contributed by atoms with Gasteiger partial charge in [0.2, 0.25) is 0 Å². The number of hydrogen-bond acceptors (Lipinski definition) is 2. The third kappa shape index (κ3) is 3.71. The largest absolute Gasteiger partial charge is 0.365 e. The average molecular weight is 328 g/mol. The number of aromatic nitrogens is 2. The maximum absolute atomic E-state index is 11.9. The van der Waals surface area contributed by atoms with E-state index in [9.17, 15) is 4.79 Å². The topological polar surface area (TPSA) is 71.8 Å². The number of amides is 1. The first-order chi connectivity index (χ1) is 11.1. The van der Waals surface area contributed by atoms with Crippen molar-refractivity contribution in [3.05, 3.63) is 75.6 Å². The van der Waals surface area contributed by atoms with Gasteiger partial charge in [-0.05, 0) is 37.0 Å². The molecule has 1 aromatic heterocycles. The Morgan fingerprint density at radius 2 is 2.22 bits per heavy atom. The molecule has 5 heteroatoms. The van der Waals surface area contributed by atoms with E-state index in [-0.39, 0.29) is 0 Å². The second-order valence-electron chi connectivity index (χ2n) is 5.61. The lowest BCUT2D eigenvalue weighted by molar-refractivity contribution is 0.0998. The lowest BCUT2D eigenvalue weighted by Gasteiger charge is -2.04. The minimum atomic E-state index is -0.443. The molecule has 1 heterocycles. The van der Waals surface area contributed by atoms with Crippen LogP contribution < -0.4 is 5.73 Å². The molecule has 3 N–H and O–H groups in total. The van der Waals surface area contributed by atoms with Crippen LogP contribution in [0.2, 0.25) is 5.02 Å². The van der Waals surface area contributed by atoms with Crippen molar-refractivity contribution < 1.29 is 4.79 Å². The summed E-state index contributed by atoms with van der Waals surface area (Å²) < 4.78 is 0. The van der Waals surface area contributed by atoms with Gasteiger partial charge in [0.1, 0.15) is 0 Å². The molecule has 0 saturated carbocycles. The van der Waals surface area contributed by atoms with E-state index in [2.05, 4.69) is 28.4 Å². The number of halogens is 1. The number of primary amides is 1. The fourth-order valence-electron chi connectivity index (χ4n) is 2.83. The molecule has 0 unspecified atom stereocenters. The zero-order valence-electron chi connectivity index (χ0n) is 12.7. The Balaban J connectivity index is 1.80. The summed E-state index contributed by atoms with van der Waals surface area (Å²) in [4.78, 5) is 11.9. The van der Waals surface area contributed by atoms with Crippen LogP contribution in [0.3, 0.4) is 0 Å². The molecule has 1 amide bonds. The van der Waals surface area contributed by atoms with Crippen molar-refractivity contribution in [1.82, 2.24) is 10.2 Å². The van der Waals surface area contributed by atoms with Gasteiger partial charge in [0.15, 0.2) is 0 Å². The number of rotatable bonds is 6. The Morgan fingerprint density at radius 3 is 2.91 bits per heavy atom. The first-order valence-corrected chi connectivity index (χ1v) is 7.97. The minimum Gasteiger partial charge on any atom is -0.365 e. The van der Waals surface area contributed by atoms with Crippen LogP contribution in [0, 0.1) is 0 Å². The number of hydrogen-bond donors (Lipinski definition) is 2. The van der Waals surface area contributed by atoms with Gasteiger partial charge in [-0.2, -0.15) is 5.10 Å². The van der Waals surface area contributed by atoms with Crippen LogP contribution in [0.4, 0.5) is 0 Å². The zero-order valence-corrected chi connectivity index (χ0v) is 13.4. The Morgan fingerprint density at radius 1 is 1.35 bits per heavy atom. The Bertz CT molecular complexity index is 789. The lowest BCUT2D eigenvalue weighted by Crippen LogP contribution is -2.15. The van der Waals surface area contributed by atoms with E-state index in [4.69, 9.17) is 17.3 Å². The van der Waals surface area contributed by atoms with Gasteiger partial charge in [0.05, 0.1) is 17.0 Å². The van der Waals surface area contributed by atoms with E-state index in [1.165, 1.54) is 5.57 Å². The van der Waals surface area contributed by atoms with Crippen molar-refractivity contribution in [3.8, 4) is 0 Å². The smallest absolute Gasteiger partial charge is 0.252 e. The highest BCUT2D eigenvalue weighted by Crippen LogP contribution is 2.21. The summed E-state index contributed by atoms with van der Waals surface area (Å²) >= 11 is 6.01. The molecule has 0 saturated heterocycles. The van der Waals surface area contributed by atoms with Crippen LogP contribution in [0.15, 0.2) is 48.1 Å². The summed E-state index contributed by atoms with van der Waals surface area (Å²) in [6.45, 7) is 0. The molecule has 1 aliphatic rings. The van der Waals surface area contributed by atoms with Crippen LogP contribution >= 0.6 is 11.6 Å². The van der Waals surface area contributed by atoms with E-state index >= 15 is 0 Å². The molecule has 23 heavy (non-hydrogen) atoms. The SMILES string of the molecule is NC(=O)c1c(CCC2=CCC=C2)n[nH]c1Cc1cccc(Cl)c1. The number of benzene rings is 1. The van der Waals surface area contributed by atoms with Gasteiger partial charge in [-0.15, -0.1) is 0 Å². The number of carbonyl (C=O) groups is 1. The molecule has 3 rings (SSSR count). The number of allylic oxidation sites excluding steroid dienone is 4. The van der Waals surface area contributed by atoms with Gasteiger partial charge in [-0.25, -0.2) is 0 Å². The lowest BCUT2D eigenvalue weighted by atomic mass is 10.0. The van der Waals surface area contributed by atoms with Crippen LogP contribution in [-0.4, -0.2) is 16.1 Å². The first-order valence-electron chi connectivity index (χ1n) is 7.59. The first kappa shape index (κ1) is 15.6. The molecule has 2 aromatic rings. The number of nitrogens with zero attached hydrogens (tertiary/aromatic N) is 1. The maximum Gasteiger partial charge on any atom is 0.252 e. The number of aryl methyl sites for hydroxylation is 1. The number of H-pyrrole nitrogens is 1. The Hall–Kier alpha value is -2.33. The van der Waals surface area contributed by atoms with Gasteiger partial charge < -0.3 is 5.73 Å². The summed E-state index contributed by atoms with van der Waals surface area (Å²) in [6.07, 6.45) is 9.51. The van der Waals surface area contributed by atoms with Crippen LogP contribution in [0.1, 0.15) is 40.2 Å². The summed E-state index contributed by atoms with van der Waals surface area (Å²) in [6, 6.07) is 7.55. The number of nitrogens with two attached hydrogens (primary N) is 1. The zero-order chi connectivity index (χ0) is 16.2. The molecular weight excluding hydrogens is 310 g/mol. The number of carbonyl (C=O) groups excluding carboxylic acids is 1. The van der Waals surface area contributed by atoms with Crippen molar-refractivity contribution in [2.24, 2.45) is 5.73 Å². The summed E-state index contributed by atoms with van der Waals surface area (Å²) in [5.74, 6) is -0.443. The molecule has 1 aromatic carbocycles. The fourth-order valence-corrected chi connectivity index (χ4v) is 3.04. The number of nitrogens with one attached hydrogen (secondary N) is 1. The van der Waals surface area contributed by atoms with Gasteiger partial charge >= 0.3 is 0 Å². The van der Waals surface area contributed by atoms with Gasteiger partial charge in [-0.1, -0.05) is 47.5 Å². The number of aromatic amines is 1. The molecule has 0 fully saturated rings. The van der Waals surface area contributed by atoms with E-state index in [1.54, 1.807) is 0 Å². The van der Waals surface area contributed by atoms with Crippen molar-refractivity contribution in [1.29, 1.82) is 0 Å². The van der Waals surface area contributed by atoms with Crippen molar-refractivity contribution in [3.63, 3.8) is 0 Å². The monoisotopic (exact) mass is 327 g/mol. The van der Waals surface area contributed by atoms with Crippen LogP contribution in [0.5, 0.6) is 0 Å². The van der Waals surface area contributed by atoms with E-state index in [1.807, 2.05) is 24.3 Å². The highest BCUT2D eigenvalue weighted by molar-refractivity contribution is 6.30. The van der Waals surface area contributed by atoms with Gasteiger partial charge in [-0.3, -0.25) is 9.89 Å². The third-order valence-electron chi connectivity index (χ3n) is 3.93. The molecule has 0 radical (unpaired) electrons. The van der Waals surface area contributed by atoms with Crippen molar-refractivity contribution in [2.45, 2.75) is 25.7 Å². The van der Waals surface area contributed by atoms with Gasteiger partial charge in [0, 0.05) is 11.4 Å². The Labute approximate surface area is 140 Å². The molecule has 0 aliphatic heterocycles. The third-order valence-corrected chi connectivity index (χ3v) is 4.17. The summed E-state index contributed by atoms with van der Waals surface area (Å²) in [7, 11) is 0. The highest BCUT2D eigenvalue weighted by Gasteiger charge is 2.18. The predicted molar refractivity (Wildman–Crippen MR) is 91.5 cm³/mol. The second-order valence-corrected chi connectivity index (χ2v) is 6.05. The average Bonchev–Trinajstić information content (AvgIpc) is 3.14. The van der Waals surface area contributed by atoms with E-state index < -0.39 is 5.91 Å². The fraction of sp³-hybridized carbons (Fsp3) is 0.222. The van der Waals surface area contributed by atoms with Gasteiger partial charge in [0.25, 0.3) is 5.91 Å². The predicted octanol–water partition coefficient (Wildman–Crippen LogP) is 3.57. The summed E-state index contributed by atoms with van der Waals surface area (Å²) in [5, 5.41) is 7.94. The molecule has 4 nitrogen and oxygen atoms in total. The molecule has 1 aliphatic carbocycles. The Kier molecular flexibility index (Phi) is 4.63. The normalized spacial score (nSPS) is 13.3. The standard InChI is InChI=1S/C18H18ClN3O/c19-14-7-3-6-13(10-14)11-16-17(18(20)23)15(21-22-16)9-8-12-4-1-2-5-12/h1,3-7,10H,2,8-9,11H2,(H2,20,23)(H,21,22). The molecule has 0 atom stereocenters. The summed E-state index contributed by atoms with van der Waals surface area (Å²) in [5.41, 5.74) is 9.84. The molecular formula is C18H18ClN3O.